The predicted molar refractivity (Wildman–Crippen MR) is 83.9 cm³/mol. The second-order valence-corrected chi connectivity index (χ2v) is 5.57. The Labute approximate surface area is 125 Å². The van der Waals surface area contributed by atoms with Gasteiger partial charge in [0.15, 0.2) is 0 Å². The first-order valence-corrected chi connectivity index (χ1v) is 7.34. The average Bonchev–Trinajstić information content (AvgIpc) is 2.97. The molecule has 3 nitrogen and oxygen atoms in total. The van der Waals surface area contributed by atoms with Crippen LogP contribution < -0.4 is 5.73 Å². The molecule has 2 N–H and O–H groups in total. The van der Waals surface area contributed by atoms with Crippen molar-refractivity contribution < 1.29 is 4.79 Å². The molecule has 0 saturated heterocycles. The van der Waals surface area contributed by atoms with Crippen molar-refractivity contribution in [3.63, 3.8) is 0 Å². The lowest BCUT2D eigenvalue weighted by Gasteiger charge is -2.25. The molecule has 0 heterocycles. The molecule has 2 aromatic rings. The van der Waals surface area contributed by atoms with Crippen molar-refractivity contribution in [2.24, 2.45) is 5.73 Å². The number of amides is 1. The van der Waals surface area contributed by atoms with Crippen LogP contribution in [0.2, 0.25) is 0 Å². The van der Waals surface area contributed by atoms with E-state index >= 15 is 0 Å². The number of carbonyl (C=O) groups excluding carboxylic acids is 1. The van der Waals surface area contributed by atoms with Crippen molar-refractivity contribution in [3.05, 3.63) is 70.8 Å². The van der Waals surface area contributed by atoms with Crippen LogP contribution in [0.15, 0.2) is 48.5 Å². The van der Waals surface area contributed by atoms with Crippen molar-refractivity contribution in [2.75, 3.05) is 7.05 Å². The topological polar surface area (TPSA) is 46.3 Å². The lowest BCUT2D eigenvalue weighted by Crippen LogP contribution is -2.30. The van der Waals surface area contributed by atoms with E-state index in [1.165, 1.54) is 11.1 Å². The molecule has 1 aliphatic rings. The second kappa shape index (κ2) is 5.70. The minimum absolute atomic E-state index is 0.0620. The number of fused-ring (bicyclic) bond motifs is 1. The zero-order valence-electron chi connectivity index (χ0n) is 12.3. The monoisotopic (exact) mass is 280 g/mol. The molecule has 1 aliphatic carbocycles. The summed E-state index contributed by atoms with van der Waals surface area (Å²) in [6.07, 6.45) is 2.04. The number of nitrogens with two attached hydrogens (primary N) is 1. The molecule has 0 bridgehead atoms. The fraction of sp³-hybridized carbons (Fsp3) is 0.278. The summed E-state index contributed by atoms with van der Waals surface area (Å²) in [5.74, 6) is 0.0620. The molecular formula is C18H20N2O. The Morgan fingerprint density at radius 2 is 2.05 bits per heavy atom. The summed E-state index contributed by atoms with van der Waals surface area (Å²) in [5, 5.41) is 0. The molecule has 2 aromatic carbocycles. The van der Waals surface area contributed by atoms with Gasteiger partial charge in [-0.1, -0.05) is 36.4 Å². The first-order valence-electron chi connectivity index (χ1n) is 7.34. The minimum Gasteiger partial charge on any atom is -0.335 e. The van der Waals surface area contributed by atoms with Crippen molar-refractivity contribution in [2.45, 2.75) is 25.4 Å². The number of carbonyl (C=O) groups is 1. The maximum Gasteiger partial charge on any atom is 0.254 e. The SMILES string of the molecule is CN(C(=O)c1cccc(CN)c1)C1CCc2ccccc21. The van der Waals surface area contributed by atoms with Gasteiger partial charge in [0.1, 0.15) is 0 Å². The number of hydrogen-bond acceptors (Lipinski definition) is 2. The van der Waals surface area contributed by atoms with Gasteiger partial charge in [-0.15, -0.1) is 0 Å². The molecule has 108 valence electrons. The third-order valence-electron chi connectivity index (χ3n) is 4.30. The summed E-state index contributed by atoms with van der Waals surface area (Å²) in [6.45, 7) is 0.455. The van der Waals surface area contributed by atoms with Crippen LogP contribution in [0.25, 0.3) is 0 Å². The summed E-state index contributed by atoms with van der Waals surface area (Å²) in [5.41, 5.74) is 10.00. The van der Waals surface area contributed by atoms with Crippen molar-refractivity contribution in [1.29, 1.82) is 0 Å². The molecule has 0 spiro atoms. The van der Waals surface area contributed by atoms with Gasteiger partial charge >= 0.3 is 0 Å². The lowest BCUT2D eigenvalue weighted by atomic mass is 10.1. The number of benzene rings is 2. The Morgan fingerprint density at radius 3 is 2.86 bits per heavy atom. The van der Waals surface area contributed by atoms with E-state index in [-0.39, 0.29) is 11.9 Å². The summed E-state index contributed by atoms with van der Waals surface area (Å²) in [4.78, 5) is 14.6. The molecule has 1 unspecified atom stereocenters. The summed E-state index contributed by atoms with van der Waals surface area (Å²) in [6, 6.07) is 16.2. The van der Waals surface area contributed by atoms with Crippen LogP contribution in [0.3, 0.4) is 0 Å². The number of nitrogens with zero attached hydrogens (tertiary/aromatic N) is 1. The van der Waals surface area contributed by atoms with E-state index in [2.05, 4.69) is 18.2 Å². The van der Waals surface area contributed by atoms with Gasteiger partial charge in [0.25, 0.3) is 5.91 Å². The van der Waals surface area contributed by atoms with Crippen molar-refractivity contribution in [1.82, 2.24) is 4.90 Å². The molecule has 3 heteroatoms. The van der Waals surface area contributed by atoms with Crippen LogP contribution in [-0.4, -0.2) is 17.9 Å². The van der Waals surface area contributed by atoms with E-state index in [1.807, 2.05) is 42.3 Å². The Morgan fingerprint density at radius 1 is 1.24 bits per heavy atom. The summed E-state index contributed by atoms with van der Waals surface area (Å²) in [7, 11) is 1.89. The molecular weight excluding hydrogens is 260 g/mol. The summed E-state index contributed by atoms with van der Waals surface area (Å²) < 4.78 is 0. The number of hydrogen-bond donors (Lipinski definition) is 1. The quantitative estimate of drug-likeness (QED) is 0.939. The average molecular weight is 280 g/mol. The van der Waals surface area contributed by atoms with Crippen molar-refractivity contribution in [3.8, 4) is 0 Å². The van der Waals surface area contributed by atoms with Gasteiger partial charge in [0.2, 0.25) is 0 Å². The van der Waals surface area contributed by atoms with Crippen LogP contribution in [0.5, 0.6) is 0 Å². The second-order valence-electron chi connectivity index (χ2n) is 5.57. The molecule has 3 rings (SSSR count). The molecule has 0 aliphatic heterocycles. The van der Waals surface area contributed by atoms with Gasteiger partial charge in [-0.2, -0.15) is 0 Å². The van der Waals surface area contributed by atoms with Gasteiger partial charge in [0, 0.05) is 19.2 Å². The van der Waals surface area contributed by atoms with E-state index in [4.69, 9.17) is 5.73 Å². The van der Waals surface area contributed by atoms with Gasteiger partial charge in [0.05, 0.1) is 6.04 Å². The van der Waals surface area contributed by atoms with Crippen LogP contribution in [0, 0.1) is 0 Å². The highest BCUT2D eigenvalue weighted by atomic mass is 16.2. The largest absolute Gasteiger partial charge is 0.335 e. The Balaban J connectivity index is 1.85. The maximum atomic E-state index is 12.7. The first-order chi connectivity index (χ1) is 10.2. The molecule has 0 saturated carbocycles. The van der Waals surface area contributed by atoms with Crippen LogP contribution in [-0.2, 0) is 13.0 Å². The van der Waals surface area contributed by atoms with Crippen LogP contribution in [0.1, 0.15) is 39.5 Å². The van der Waals surface area contributed by atoms with E-state index in [9.17, 15) is 4.79 Å². The first kappa shape index (κ1) is 13.8. The third-order valence-corrected chi connectivity index (χ3v) is 4.30. The Kier molecular flexibility index (Phi) is 3.76. The highest BCUT2D eigenvalue weighted by molar-refractivity contribution is 5.94. The molecule has 1 atom stereocenters. The van der Waals surface area contributed by atoms with E-state index in [0.717, 1.165) is 18.4 Å². The number of rotatable bonds is 3. The predicted octanol–water partition coefficient (Wildman–Crippen LogP) is 2.90. The molecule has 1 amide bonds. The molecule has 21 heavy (non-hydrogen) atoms. The zero-order chi connectivity index (χ0) is 14.8. The van der Waals surface area contributed by atoms with Crippen molar-refractivity contribution >= 4 is 5.91 Å². The van der Waals surface area contributed by atoms with E-state index < -0.39 is 0 Å². The fourth-order valence-electron chi connectivity index (χ4n) is 3.11. The lowest BCUT2D eigenvalue weighted by molar-refractivity contribution is 0.0730. The standard InChI is InChI=1S/C18H20N2O/c1-20(17-10-9-14-6-2-3-8-16(14)17)18(21)15-7-4-5-13(11-15)12-19/h2-8,11,17H,9-10,12,19H2,1H3. The van der Waals surface area contributed by atoms with Gasteiger partial charge in [-0.25, -0.2) is 0 Å². The smallest absolute Gasteiger partial charge is 0.254 e. The van der Waals surface area contributed by atoms with Gasteiger partial charge < -0.3 is 10.6 Å². The van der Waals surface area contributed by atoms with Gasteiger partial charge in [-0.3, -0.25) is 4.79 Å². The summed E-state index contributed by atoms with van der Waals surface area (Å²) >= 11 is 0. The number of aryl methyl sites for hydroxylation is 1. The molecule has 0 fully saturated rings. The highest BCUT2D eigenvalue weighted by Gasteiger charge is 2.28. The maximum absolute atomic E-state index is 12.7. The zero-order valence-corrected chi connectivity index (χ0v) is 12.3. The Hall–Kier alpha value is -2.13. The van der Waals surface area contributed by atoms with Crippen LogP contribution >= 0.6 is 0 Å². The van der Waals surface area contributed by atoms with Gasteiger partial charge in [-0.05, 0) is 41.7 Å². The third kappa shape index (κ3) is 2.57. The van der Waals surface area contributed by atoms with E-state index in [1.54, 1.807) is 0 Å². The van der Waals surface area contributed by atoms with Crippen LogP contribution in [0.4, 0.5) is 0 Å². The molecule has 0 radical (unpaired) electrons. The normalized spacial score (nSPS) is 16.6. The fourth-order valence-corrected chi connectivity index (χ4v) is 3.11. The minimum atomic E-state index is 0.0620. The Bertz CT molecular complexity index is 666. The van der Waals surface area contributed by atoms with E-state index in [0.29, 0.717) is 12.1 Å². The highest BCUT2D eigenvalue weighted by Crippen LogP contribution is 2.35. The molecule has 0 aromatic heterocycles.